The molecule has 32 heavy (non-hydrogen) atoms. The number of nitrogens with zero attached hydrogens (tertiary/aromatic N) is 2. The van der Waals surface area contributed by atoms with Crippen molar-refractivity contribution in [2.24, 2.45) is 5.41 Å². The number of β-amino-alcohol motifs (C(OH)–C–C–N with tert-alkyl or cyclic N) is 1. The number of fused-ring (bicyclic) bond motifs is 1. The number of para-hydroxylation sites is 1. The number of likely N-dealkylation sites (tertiary alicyclic amines) is 1. The molecule has 3 aliphatic rings. The maximum atomic E-state index is 13.9. The van der Waals surface area contributed by atoms with E-state index < -0.39 is 5.60 Å². The predicted octanol–water partition coefficient (Wildman–Crippen LogP) is 4.72. The number of amides is 1. The van der Waals surface area contributed by atoms with E-state index in [1.807, 2.05) is 4.90 Å². The molecule has 2 fully saturated rings. The number of aliphatic hydroxyl groups is 1. The van der Waals surface area contributed by atoms with Crippen LogP contribution in [0.3, 0.4) is 0 Å². The van der Waals surface area contributed by atoms with Crippen LogP contribution in [0, 0.1) is 18.2 Å². The summed E-state index contributed by atoms with van der Waals surface area (Å²) < 4.78 is 13.9. The fourth-order valence-corrected chi connectivity index (χ4v) is 5.92. The monoisotopic (exact) mass is 436 g/mol. The van der Waals surface area contributed by atoms with Gasteiger partial charge in [-0.2, -0.15) is 0 Å². The Morgan fingerprint density at radius 1 is 1.00 bits per heavy atom. The minimum Gasteiger partial charge on any atom is -0.388 e. The minimum absolute atomic E-state index is 0.0706. The lowest BCUT2D eigenvalue weighted by Crippen LogP contribution is -2.50. The molecule has 5 rings (SSSR count). The Balaban J connectivity index is 1.17. The SMILES string of the molecule is Cc1ccc(C(=O)N2CCC3(CC2)CCC(O)(CN2CCc4ccccc42)CC3)cc1F. The lowest BCUT2D eigenvalue weighted by Gasteiger charge is -2.49. The topological polar surface area (TPSA) is 43.8 Å². The maximum Gasteiger partial charge on any atom is 0.253 e. The predicted molar refractivity (Wildman–Crippen MR) is 124 cm³/mol. The van der Waals surface area contributed by atoms with Crippen molar-refractivity contribution in [2.75, 3.05) is 31.1 Å². The molecule has 0 radical (unpaired) electrons. The molecule has 1 saturated heterocycles. The van der Waals surface area contributed by atoms with Gasteiger partial charge >= 0.3 is 0 Å². The highest BCUT2D eigenvalue weighted by atomic mass is 19.1. The third-order valence-corrected chi connectivity index (χ3v) is 8.24. The average Bonchev–Trinajstić information content (AvgIpc) is 3.21. The van der Waals surface area contributed by atoms with Crippen LogP contribution in [-0.2, 0) is 6.42 Å². The third kappa shape index (κ3) is 4.03. The van der Waals surface area contributed by atoms with Gasteiger partial charge in [-0.15, -0.1) is 0 Å². The van der Waals surface area contributed by atoms with Gasteiger partial charge in [0.15, 0.2) is 0 Å². The fraction of sp³-hybridized carbons (Fsp3) is 0.519. The molecule has 1 amide bonds. The van der Waals surface area contributed by atoms with E-state index in [1.165, 1.54) is 17.3 Å². The smallest absolute Gasteiger partial charge is 0.253 e. The van der Waals surface area contributed by atoms with E-state index in [1.54, 1.807) is 19.1 Å². The number of halogens is 1. The number of hydrogen-bond donors (Lipinski definition) is 1. The summed E-state index contributed by atoms with van der Waals surface area (Å²) in [6.07, 6.45) is 6.67. The minimum atomic E-state index is -0.630. The average molecular weight is 437 g/mol. The number of aryl methyl sites for hydroxylation is 1. The first-order chi connectivity index (χ1) is 15.4. The lowest BCUT2D eigenvalue weighted by molar-refractivity contribution is -0.0444. The molecule has 2 aromatic rings. The molecule has 2 aliphatic heterocycles. The second-order valence-corrected chi connectivity index (χ2v) is 10.3. The Hall–Kier alpha value is -2.40. The second kappa shape index (κ2) is 8.18. The Kier molecular flexibility index (Phi) is 5.48. The van der Waals surface area contributed by atoms with E-state index in [-0.39, 0.29) is 17.1 Å². The van der Waals surface area contributed by atoms with E-state index >= 15 is 0 Å². The fourth-order valence-electron chi connectivity index (χ4n) is 5.92. The maximum absolute atomic E-state index is 13.9. The third-order valence-electron chi connectivity index (χ3n) is 8.24. The van der Waals surface area contributed by atoms with Crippen molar-refractivity contribution in [1.29, 1.82) is 0 Å². The van der Waals surface area contributed by atoms with Crippen LogP contribution in [0.4, 0.5) is 10.1 Å². The molecular weight excluding hydrogens is 403 g/mol. The first-order valence-corrected chi connectivity index (χ1v) is 12.0. The molecule has 0 bridgehead atoms. The molecule has 2 heterocycles. The van der Waals surface area contributed by atoms with Crippen LogP contribution in [0.1, 0.15) is 60.0 Å². The van der Waals surface area contributed by atoms with Crippen LogP contribution in [0.5, 0.6) is 0 Å². The van der Waals surface area contributed by atoms with Gasteiger partial charge in [0.2, 0.25) is 0 Å². The van der Waals surface area contributed by atoms with Crippen LogP contribution >= 0.6 is 0 Å². The highest BCUT2D eigenvalue weighted by molar-refractivity contribution is 5.94. The Morgan fingerprint density at radius 3 is 2.44 bits per heavy atom. The lowest BCUT2D eigenvalue weighted by atomic mass is 9.64. The normalized spacial score (nSPS) is 21.6. The van der Waals surface area contributed by atoms with Gasteiger partial charge in [-0.3, -0.25) is 4.79 Å². The summed E-state index contributed by atoms with van der Waals surface area (Å²) in [5.41, 5.74) is 3.26. The number of benzene rings is 2. The van der Waals surface area contributed by atoms with E-state index in [2.05, 4.69) is 29.2 Å². The first kappa shape index (κ1) is 21.4. The number of anilines is 1. The van der Waals surface area contributed by atoms with E-state index in [4.69, 9.17) is 0 Å². The van der Waals surface area contributed by atoms with Crippen molar-refractivity contribution in [3.8, 4) is 0 Å². The van der Waals surface area contributed by atoms with Crippen molar-refractivity contribution >= 4 is 11.6 Å². The molecule has 1 spiro atoms. The first-order valence-electron chi connectivity index (χ1n) is 12.0. The van der Waals surface area contributed by atoms with Gasteiger partial charge in [0, 0.05) is 37.4 Å². The van der Waals surface area contributed by atoms with Crippen LogP contribution in [-0.4, -0.2) is 47.7 Å². The van der Waals surface area contributed by atoms with Crippen molar-refractivity contribution in [3.63, 3.8) is 0 Å². The molecule has 1 saturated carbocycles. The quantitative estimate of drug-likeness (QED) is 0.757. The van der Waals surface area contributed by atoms with Crippen molar-refractivity contribution < 1.29 is 14.3 Å². The zero-order valence-electron chi connectivity index (χ0n) is 18.9. The molecule has 0 aromatic heterocycles. The molecule has 170 valence electrons. The Morgan fingerprint density at radius 2 is 1.72 bits per heavy atom. The summed E-state index contributed by atoms with van der Waals surface area (Å²) in [7, 11) is 0. The molecule has 5 heteroatoms. The summed E-state index contributed by atoms with van der Waals surface area (Å²) in [6, 6.07) is 13.3. The summed E-state index contributed by atoms with van der Waals surface area (Å²) in [6.45, 7) is 4.84. The highest BCUT2D eigenvalue weighted by Gasteiger charge is 2.44. The van der Waals surface area contributed by atoms with Crippen LogP contribution in [0.15, 0.2) is 42.5 Å². The summed E-state index contributed by atoms with van der Waals surface area (Å²) in [5, 5.41) is 11.4. The zero-order chi connectivity index (χ0) is 22.3. The number of piperidine rings is 1. The number of rotatable bonds is 3. The molecule has 0 atom stereocenters. The van der Waals surface area contributed by atoms with Crippen molar-refractivity contribution in [1.82, 2.24) is 4.90 Å². The van der Waals surface area contributed by atoms with E-state index in [9.17, 15) is 14.3 Å². The molecule has 1 N–H and O–H groups in total. The van der Waals surface area contributed by atoms with Gasteiger partial charge in [0.05, 0.1) is 5.60 Å². The Labute approximate surface area is 190 Å². The summed E-state index contributed by atoms with van der Waals surface area (Å²) in [4.78, 5) is 17.1. The standard InChI is InChI=1S/C27H33FN2O2/c1-20-6-7-22(18-23(20)28)25(31)29-16-13-26(14-17-29)9-11-27(32,12-10-26)19-30-15-8-21-4-2-3-5-24(21)30/h2-7,18,32H,8-17,19H2,1H3. The van der Waals surface area contributed by atoms with E-state index in [0.717, 1.165) is 51.5 Å². The summed E-state index contributed by atoms with van der Waals surface area (Å²) in [5.74, 6) is -0.393. The van der Waals surface area contributed by atoms with Crippen LogP contribution in [0.25, 0.3) is 0 Å². The van der Waals surface area contributed by atoms with Gasteiger partial charge in [0.25, 0.3) is 5.91 Å². The number of hydrogen-bond acceptors (Lipinski definition) is 3. The van der Waals surface area contributed by atoms with Crippen LogP contribution < -0.4 is 4.90 Å². The van der Waals surface area contributed by atoms with Gasteiger partial charge < -0.3 is 14.9 Å². The highest BCUT2D eigenvalue weighted by Crippen LogP contribution is 2.48. The van der Waals surface area contributed by atoms with Gasteiger partial charge in [-0.05, 0) is 86.6 Å². The van der Waals surface area contributed by atoms with Crippen molar-refractivity contribution in [3.05, 3.63) is 65.0 Å². The molecule has 0 unspecified atom stereocenters. The van der Waals surface area contributed by atoms with Crippen LogP contribution in [0.2, 0.25) is 0 Å². The molecular formula is C27H33FN2O2. The van der Waals surface area contributed by atoms with Gasteiger partial charge in [0.1, 0.15) is 5.82 Å². The van der Waals surface area contributed by atoms with Crippen molar-refractivity contribution in [2.45, 2.75) is 57.5 Å². The zero-order valence-corrected chi connectivity index (χ0v) is 18.9. The van der Waals surface area contributed by atoms with Gasteiger partial charge in [-0.1, -0.05) is 24.3 Å². The molecule has 2 aromatic carbocycles. The largest absolute Gasteiger partial charge is 0.388 e. The number of carbonyl (C=O) groups is 1. The Bertz CT molecular complexity index is 1000. The number of carbonyl (C=O) groups excluding carboxylic acids is 1. The summed E-state index contributed by atoms with van der Waals surface area (Å²) >= 11 is 0. The molecule has 4 nitrogen and oxygen atoms in total. The second-order valence-electron chi connectivity index (χ2n) is 10.3. The van der Waals surface area contributed by atoms with Gasteiger partial charge in [-0.25, -0.2) is 4.39 Å². The van der Waals surface area contributed by atoms with E-state index in [0.29, 0.717) is 30.8 Å². The molecule has 1 aliphatic carbocycles.